The third kappa shape index (κ3) is 2.08. The van der Waals surface area contributed by atoms with Gasteiger partial charge in [-0.25, -0.2) is 0 Å². The van der Waals surface area contributed by atoms with Crippen molar-refractivity contribution in [2.45, 2.75) is 0 Å². The minimum absolute atomic E-state index is 0.0860. The molecule has 0 aliphatic heterocycles. The number of fused-ring (bicyclic) bond motifs is 1. The summed E-state index contributed by atoms with van der Waals surface area (Å²) in [5, 5.41) is 11.8. The molecule has 0 atom stereocenters. The molecule has 0 bridgehead atoms. The Bertz CT molecular complexity index is 748. The van der Waals surface area contributed by atoms with Crippen LogP contribution in [-0.4, -0.2) is 10.1 Å². The van der Waals surface area contributed by atoms with Crippen molar-refractivity contribution in [1.29, 1.82) is 0 Å². The molecule has 0 amide bonds. The van der Waals surface area contributed by atoms with E-state index >= 15 is 0 Å². The molecule has 3 rings (SSSR count). The van der Waals surface area contributed by atoms with Crippen LogP contribution in [0.4, 0.5) is 0 Å². The largest absolute Gasteiger partial charge is 0.508 e. The van der Waals surface area contributed by atoms with Gasteiger partial charge < -0.3 is 5.11 Å². The van der Waals surface area contributed by atoms with Crippen molar-refractivity contribution < 1.29 is 5.11 Å². The molecule has 0 aliphatic carbocycles. The van der Waals surface area contributed by atoms with E-state index in [2.05, 4.69) is 23.7 Å². The van der Waals surface area contributed by atoms with Crippen LogP contribution >= 0.6 is 0 Å². The number of hydrogen-bond acceptors (Lipinski definition) is 2. The average Bonchev–Trinajstić information content (AvgIpc) is 2.47. The van der Waals surface area contributed by atoms with Gasteiger partial charge in [0.15, 0.2) is 0 Å². The van der Waals surface area contributed by atoms with Gasteiger partial charge in [-0.15, -0.1) is 0 Å². The zero-order chi connectivity index (χ0) is 13.2. The van der Waals surface area contributed by atoms with Crippen molar-refractivity contribution >= 4 is 16.5 Å². The van der Waals surface area contributed by atoms with Crippen LogP contribution in [0, 0.1) is 0 Å². The summed E-state index contributed by atoms with van der Waals surface area (Å²) in [6, 6.07) is 15.9. The van der Waals surface area contributed by atoms with E-state index < -0.39 is 0 Å². The molecule has 19 heavy (non-hydrogen) atoms. The van der Waals surface area contributed by atoms with E-state index in [-0.39, 0.29) is 5.76 Å². The second kappa shape index (κ2) is 4.58. The molecular formula is C17H13NO. The zero-order valence-electron chi connectivity index (χ0n) is 10.4. The van der Waals surface area contributed by atoms with E-state index in [1.807, 2.05) is 42.6 Å². The van der Waals surface area contributed by atoms with Crippen LogP contribution in [0.2, 0.25) is 0 Å². The molecule has 92 valence electrons. The Morgan fingerprint density at radius 3 is 2.68 bits per heavy atom. The summed E-state index contributed by atoms with van der Waals surface area (Å²) in [4.78, 5) is 4.16. The summed E-state index contributed by atoms with van der Waals surface area (Å²) in [7, 11) is 0. The lowest BCUT2D eigenvalue weighted by molar-refractivity contribution is 0.514. The summed E-state index contributed by atoms with van der Waals surface area (Å²) >= 11 is 0. The van der Waals surface area contributed by atoms with Crippen molar-refractivity contribution in [1.82, 2.24) is 4.98 Å². The number of pyridine rings is 1. The fraction of sp³-hybridized carbons (Fsp3) is 0. The van der Waals surface area contributed by atoms with Gasteiger partial charge in [-0.2, -0.15) is 0 Å². The SMILES string of the molecule is C=C(O)c1ccc2cccc(-c3cccnc3)c2c1. The van der Waals surface area contributed by atoms with Crippen LogP contribution in [0.3, 0.4) is 0 Å². The fourth-order valence-corrected chi connectivity index (χ4v) is 2.23. The van der Waals surface area contributed by atoms with Gasteiger partial charge in [0, 0.05) is 23.5 Å². The van der Waals surface area contributed by atoms with Gasteiger partial charge in [-0.1, -0.05) is 43.0 Å². The molecule has 3 aromatic rings. The molecule has 2 aromatic carbocycles. The van der Waals surface area contributed by atoms with E-state index in [0.29, 0.717) is 0 Å². The standard InChI is InChI=1S/C17H13NO/c1-12(19)14-8-7-13-4-2-6-16(17(13)10-14)15-5-3-9-18-11-15/h2-11,19H,1H2. The van der Waals surface area contributed by atoms with Crippen molar-refractivity contribution in [3.8, 4) is 11.1 Å². The molecule has 1 heterocycles. The Kier molecular flexibility index (Phi) is 2.76. The second-order valence-corrected chi connectivity index (χ2v) is 4.43. The first-order chi connectivity index (χ1) is 9.25. The maximum Gasteiger partial charge on any atom is 0.115 e. The Labute approximate surface area is 111 Å². The van der Waals surface area contributed by atoms with E-state index in [0.717, 1.165) is 27.5 Å². The topological polar surface area (TPSA) is 33.1 Å². The minimum atomic E-state index is 0.0860. The molecule has 0 unspecified atom stereocenters. The van der Waals surface area contributed by atoms with Crippen LogP contribution in [-0.2, 0) is 0 Å². The summed E-state index contributed by atoms with van der Waals surface area (Å²) in [6.45, 7) is 3.58. The number of benzene rings is 2. The quantitative estimate of drug-likeness (QED) is 0.679. The second-order valence-electron chi connectivity index (χ2n) is 4.43. The fourth-order valence-electron chi connectivity index (χ4n) is 2.23. The monoisotopic (exact) mass is 247 g/mol. The van der Waals surface area contributed by atoms with E-state index in [9.17, 15) is 5.11 Å². The summed E-state index contributed by atoms with van der Waals surface area (Å²) in [5.74, 6) is 0.0860. The lowest BCUT2D eigenvalue weighted by Crippen LogP contribution is -1.85. The lowest BCUT2D eigenvalue weighted by Gasteiger charge is -2.08. The highest BCUT2D eigenvalue weighted by Gasteiger charge is 2.05. The van der Waals surface area contributed by atoms with Gasteiger partial charge in [0.25, 0.3) is 0 Å². The van der Waals surface area contributed by atoms with Crippen molar-refractivity contribution in [2.24, 2.45) is 0 Å². The maximum atomic E-state index is 9.54. The Morgan fingerprint density at radius 1 is 1.05 bits per heavy atom. The average molecular weight is 247 g/mol. The van der Waals surface area contributed by atoms with Crippen molar-refractivity contribution in [2.75, 3.05) is 0 Å². The van der Waals surface area contributed by atoms with Gasteiger partial charge in [0.05, 0.1) is 0 Å². The third-order valence-electron chi connectivity index (χ3n) is 3.19. The van der Waals surface area contributed by atoms with Gasteiger partial charge in [-0.05, 0) is 28.5 Å². The Hall–Kier alpha value is -2.61. The van der Waals surface area contributed by atoms with Crippen LogP contribution < -0.4 is 0 Å². The van der Waals surface area contributed by atoms with E-state index in [4.69, 9.17) is 0 Å². The Balaban J connectivity index is 2.30. The van der Waals surface area contributed by atoms with Crippen LogP contribution in [0.25, 0.3) is 27.7 Å². The van der Waals surface area contributed by atoms with Crippen molar-refractivity contribution in [3.63, 3.8) is 0 Å². The maximum absolute atomic E-state index is 9.54. The van der Waals surface area contributed by atoms with E-state index in [1.165, 1.54) is 0 Å². The highest BCUT2D eigenvalue weighted by molar-refractivity contribution is 5.97. The molecule has 0 saturated carbocycles. The number of aromatic nitrogens is 1. The van der Waals surface area contributed by atoms with Crippen molar-refractivity contribution in [3.05, 3.63) is 73.1 Å². The zero-order valence-corrected chi connectivity index (χ0v) is 10.4. The molecule has 2 heteroatoms. The predicted octanol–water partition coefficient (Wildman–Crippen LogP) is 4.43. The lowest BCUT2D eigenvalue weighted by atomic mass is 9.97. The predicted molar refractivity (Wildman–Crippen MR) is 78.8 cm³/mol. The first-order valence-electron chi connectivity index (χ1n) is 6.07. The number of rotatable bonds is 2. The van der Waals surface area contributed by atoms with Gasteiger partial charge >= 0.3 is 0 Å². The number of aliphatic hydroxyl groups is 1. The molecular weight excluding hydrogens is 234 g/mol. The highest BCUT2D eigenvalue weighted by Crippen LogP contribution is 2.29. The van der Waals surface area contributed by atoms with E-state index in [1.54, 1.807) is 6.20 Å². The molecule has 1 aromatic heterocycles. The minimum Gasteiger partial charge on any atom is -0.508 e. The number of nitrogens with zero attached hydrogens (tertiary/aromatic N) is 1. The van der Waals surface area contributed by atoms with Crippen LogP contribution in [0.1, 0.15) is 5.56 Å². The van der Waals surface area contributed by atoms with Gasteiger partial charge in [0.1, 0.15) is 5.76 Å². The normalized spacial score (nSPS) is 10.5. The molecule has 0 saturated heterocycles. The molecule has 1 N–H and O–H groups in total. The van der Waals surface area contributed by atoms with Gasteiger partial charge in [0.2, 0.25) is 0 Å². The first kappa shape index (κ1) is 11.5. The molecule has 0 spiro atoms. The molecule has 0 aliphatic rings. The summed E-state index contributed by atoms with van der Waals surface area (Å²) in [5.41, 5.74) is 2.91. The number of aliphatic hydroxyl groups excluding tert-OH is 1. The highest BCUT2D eigenvalue weighted by atomic mass is 16.3. The third-order valence-corrected chi connectivity index (χ3v) is 3.19. The molecule has 0 radical (unpaired) electrons. The smallest absolute Gasteiger partial charge is 0.115 e. The van der Waals surface area contributed by atoms with Crippen LogP contribution in [0.5, 0.6) is 0 Å². The van der Waals surface area contributed by atoms with Gasteiger partial charge in [-0.3, -0.25) is 4.98 Å². The summed E-state index contributed by atoms with van der Waals surface area (Å²) < 4.78 is 0. The number of hydrogen-bond donors (Lipinski definition) is 1. The molecule has 2 nitrogen and oxygen atoms in total. The summed E-state index contributed by atoms with van der Waals surface area (Å²) in [6.07, 6.45) is 3.60. The Morgan fingerprint density at radius 2 is 1.95 bits per heavy atom. The van der Waals surface area contributed by atoms with Crippen LogP contribution in [0.15, 0.2) is 67.5 Å². The first-order valence-corrected chi connectivity index (χ1v) is 6.07. The molecule has 0 fully saturated rings.